The molecule has 1 aliphatic carbocycles. The van der Waals surface area contributed by atoms with Gasteiger partial charge < -0.3 is 10.2 Å². The molecule has 0 unspecified atom stereocenters. The van der Waals surface area contributed by atoms with Crippen molar-refractivity contribution in [3.8, 4) is 0 Å². The molecule has 2 aromatic rings. The molecule has 1 atom stereocenters. The molecule has 2 N–H and O–H groups in total. The number of carbonyl (C=O) groups is 1. The summed E-state index contributed by atoms with van der Waals surface area (Å²) in [6.07, 6.45) is 3.15. The maximum atomic E-state index is 12.6. The summed E-state index contributed by atoms with van der Waals surface area (Å²) in [6, 6.07) is 11.8. The van der Waals surface area contributed by atoms with Crippen LogP contribution in [0.4, 0.5) is 0 Å². The third kappa shape index (κ3) is 4.15. The summed E-state index contributed by atoms with van der Waals surface area (Å²) in [4.78, 5) is 13.7. The molecule has 2 heterocycles. The van der Waals surface area contributed by atoms with E-state index in [0.29, 0.717) is 36.9 Å². The van der Waals surface area contributed by atoms with Gasteiger partial charge in [-0.25, -0.2) is 8.42 Å². The Morgan fingerprint density at radius 1 is 1.18 bits per heavy atom. The highest BCUT2D eigenvalue weighted by atomic mass is 32.2. The molecule has 28 heavy (non-hydrogen) atoms. The SMILES string of the molecule is O=C(C[NH+]1CCN(S(=O)(=O)c2cccs2)CC1)N[C@H]1CCCc2ccccc21. The highest BCUT2D eigenvalue weighted by Gasteiger charge is 2.32. The Kier molecular flexibility index (Phi) is 5.82. The van der Waals surface area contributed by atoms with E-state index in [1.54, 1.807) is 17.5 Å². The van der Waals surface area contributed by atoms with Crippen LogP contribution in [0.25, 0.3) is 0 Å². The van der Waals surface area contributed by atoms with Gasteiger partial charge in [-0.1, -0.05) is 30.3 Å². The number of nitrogens with one attached hydrogen (secondary N) is 2. The van der Waals surface area contributed by atoms with Gasteiger partial charge in [-0.3, -0.25) is 4.79 Å². The zero-order valence-electron chi connectivity index (χ0n) is 15.8. The molecular formula is C20H26N3O3S2+. The summed E-state index contributed by atoms with van der Waals surface area (Å²) in [6.45, 7) is 2.61. The van der Waals surface area contributed by atoms with Gasteiger partial charge in [0.1, 0.15) is 4.21 Å². The minimum atomic E-state index is -3.39. The standard InChI is InChI=1S/C20H25N3O3S2/c24-19(21-18-8-3-6-16-5-1-2-7-17(16)18)15-22-10-12-23(13-11-22)28(25,26)20-9-4-14-27-20/h1-2,4-5,7,9,14,18H,3,6,8,10-13,15H2,(H,21,24)/p+1/t18-/m0/s1. The Hall–Kier alpha value is -1.74. The number of hydrogen-bond donors (Lipinski definition) is 2. The summed E-state index contributed by atoms with van der Waals surface area (Å²) in [5.41, 5.74) is 2.57. The molecule has 1 aliphatic heterocycles. The van der Waals surface area contributed by atoms with Crippen molar-refractivity contribution in [2.75, 3.05) is 32.7 Å². The van der Waals surface area contributed by atoms with Crippen LogP contribution in [-0.2, 0) is 21.2 Å². The molecule has 6 nitrogen and oxygen atoms in total. The van der Waals surface area contributed by atoms with Crippen LogP contribution in [0, 0.1) is 0 Å². The first-order valence-electron chi connectivity index (χ1n) is 9.78. The van der Waals surface area contributed by atoms with E-state index in [0.717, 1.165) is 24.2 Å². The largest absolute Gasteiger partial charge is 0.344 e. The number of aryl methyl sites for hydroxylation is 1. The quantitative estimate of drug-likeness (QED) is 0.753. The summed E-state index contributed by atoms with van der Waals surface area (Å²) in [7, 11) is -3.39. The number of amides is 1. The minimum absolute atomic E-state index is 0.0475. The Balaban J connectivity index is 1.30. The number of sulfonamides is 1. The van der Waals surface area contributed by atoms with Crippen molar-refractivity contribution in [1.82, 2.24) is 9.62 Å². The lowest BCUT2D eigenvalue weighted by molar-refractivity contribution is -0.895. The average Bonchev–Trinajstić information content (AvgIpc) is 3.24. The second-order valence-corrected chi connectivity index (χ2v) is 10.6. The number of rotatable bonds is 5. The zero-order chi connectivity index (χ0) is 19.6. The van der Waals surface area contributed by atoms with E-state index in [1.807, 2.05) is 6.07 Å². The average molecular weight is 421 g/mol. The zero-order valence-corrected chi connectivity index (χ0v) is 17.4. The van der Waals surface area contributed by atoms with Crippen LogP contribution < -0.4 is 10.2 Å². The summed E-state index contributed by atoms with van der Waals surface area (Å²) in [5.74, 6) is 0.0475. The van der Waals surface area contributed by atoms with Crippen molar-refractivity contribution in [2.45, 2.75) is 29.5 Å². The maximum Gasteiger partial charge on any atom is 0.275 e. The highest BCUT2D eigenvalue weighted by molar-refractivity contribution is 7.91. The van der Waals surface area contributed by atoms with Gasteiger partial charge in [0.25, 0.3) is 15.9 Å². The van der Waals surface area contributed by atoms with Crippen molar-refractivity contribution in [1.29, 1.82) is 0 Å². The van der Waals surface area contributed by atoms with Crippen LogP contribution in [0.3, 0.4) is 0 Å². The van der Waals surface area contributed by atoms with E-state index in [2.05, 4.69) is 23.5 Å². The molecule has 8 heteroatoms. The van der Waals surface area contributed by atoms with E-state index >= 15 is 0 Å². The molecule has 0 radical (unpaired) electrons. The number of piperazine rings is 1. The molecule has 2 aliphatic rings. The molecular weight excluding hydrogens is 394 g/mol. The van der Waals surface area contributed by atoms with Crippen LogP contribution >= 0.6 is 11.3 Å². The van der Waals surface area contributed by atoms with Crippen LogP contribution in [0.5, 0.6) is 0 Å². The van der Waals surface area contributed by atoms with Gasteiger partial charge >= 0.3 is 0 Å². The summed E-state index contributed by atoms with van der Waals surface area (Å²) in [5, 5.41) is 4.98. The lowest BCUT2D eigenvalue weighted by Gasteiger charge is -2.31. The van der Waals surface area contributed by atoms with Gasteiger partial charge in [0.05, 0.1) is 32.2 Å². The third-order valence-corrected chi connectivity index (χ3v) is 8.91. The number of quaternary nitrogens is 1. The van der Waals surface area contributed by atoms with Gasteiger partial charge in [-0.2, -0.15) is 4.31 Å². The number of fused-ring (bicyclic) bond motifs is 1. The molecule has 1 saturated heterocycles. The second kappa shape index (κ2) is 8.32. The fourth-order valence-corrected chi connectivity index (χ4v) is 6.72. The van der Waals surface area contributed by atoms with Gasteiger partial charge in [-0.15, -0.1) is 11.3 Å². The monoisotopic (exact) mass is 420 g/mol. The second-order valence-electron chi connectivity index (χ2n) is 7.47. The Labute approximate surface area is 170 Å². The molecule has 150 valence electrons. The van der Waals surface area contributed by atoms with Gasteiger partial charge in [0.2, 0.25) is 0 Å². The number of benzene rings is 1. The van der Waals surface area contributed by atoms with Crippen LogP contribution in [0.1, 0.15) is 30.0 Å². The first-order chi connectivity index (χ1) is 13.5. The van der Waals surface area contributed by atoms with Crippen LogP contribution in [0.2, 0.25) is 0 Å². The van der Waals surface area contributed by atoms with E-state index in [9.17, 15) is 13.2 Å². The summed E-state index contributed by atoms with van der Waals surface area (Å²) < 4.78 is 27.1. The molecule has 1 aromatic heterocycles. The van der Waals surface area contributed by atoms with Crippen molar-refractivity contribution in [3.63, 3.8) is 0 Å². The minimum Gasteiger partial charge on any atom is -0.344 e. The number of carbonyl (C=O) groups excluding carboxylic acids is 1. The Morgan fingerprint density at radius 3 is 2.71 bits per heavy atom. The Bertz CT molecular complexity index is 920. The maximum absolute atomic E-state index is 12.6. The van der Waals surface area contributed by atoms with E-state index < -0.39 is 10.0 Å². The first kappa shape index (κ1) is 19.6. The predicted octanol–water partition coefficient (Wildman–Crippen LogP) is 0.831. The fraction of sp³-hybridized carbons (Fsp3) is 0.450. The Morgan fingerprint density at radius 2 is 1.96 bits per heavy atom. The third-order valence-electron chi connectivity index (χ3n) is 5.63. The first-order valence-corrected chi connectivity index (χ1v) is 12.1. The molecule has 0 saturated carbocycles. The number of thiophene rings is 1. The van der Waals surface area contributed by atoms with Crippen molar-refractivity contribution < 1.29 is 18.1 Å². The van der Waals surface area contributed by atoms with Crippen molar-refractivity contribution in [3.05, 3.63) is 52.9 Å². The van der Waals surface area contributed by atoms with E-state index in [1.165, 1.54) is 26.8 Å². The van der Waals surface area contributed by atoms with Crippen molar-refractivity contribution in [2.24, 2.45) is 0 Å². The van der Waals surface area contributed by atoms with Crippen LogP contribution in [-0.4, -0.2) is 51.4 Å². The molecule has 0 spiro atoms. The molecule has 0 bridgehead atoms. The normalized spacial score (nSPS) is 21.2. The molecule has 1 aromatic carbocycles. The molecule has 1 fully saturated rings. The van der Waals surface area contributed by atoms with Gasteiger partial charge in [-0.05, 0) is 41.8 Å². The smallest absolute Gasteiger partial charge is 0.275 e. The lowest BCUT2D eigenvalue weighted by atomic mass is 9.88. The molecule has 1 amide bonds. The topological polar surface area (TPSA) is 70.9 Å². The molecule has 4 rings (SSSR count). The lowest BCUT2D eigenvalue weighted by Crippen LogP contribution is -3.15. The fourth-order valence-electron chi connectivity index (χ4n) is 4.13. The number of nitrogens with zero attached hydrogens (tertiary/aromatic N) is 1. The van der Waals surface area contributed by atoms with E-state index in [4.69, 9.17) is 0 Å². The van der Waals surface area contributed by atoms with Crippen molar-refractivity contribution >= 4 is 27.3 Å². The van der Waals surface area contributed by atoms with E-state index in [-0.39, 0.29) is 11.9 Å². The van der Waals surface area contributed by atoms with Gasteiger partial charge in [0, 0.05) is 0 Å². The highest BCUT2D eigenvalue weighted by Crippen LogP contribution is 2.29. The van der Waals surface area contributed by atoms with Crippen LogP contribution in [0.15, 0.2) is 46.0 Å². The predicted molar refractivity (Wildman–Crippen MR) is 109 cm³/mol. The summed E-state index contributed by atoms with van der Waals surface area (Å²) >= 11 is 1.25. The van der Waals surface area contributed by atoms with Gasteiger partial charge in [0.15, 0.2) is 6.54 Å². The number of hydrogen-bond acceptors (Lipinski definition) is 4.